The van der Waals surface area contributed by atoms with Gasteiger partial charge in [-0.15, -0.1) is 0 Å². The van der Waals surface area contributed by atoms with E-state index in [1.165, 1.54) is 5.56 Å². The third-order valence-electron chi connectivity index (χ3n) is 2.36. The topological polar surface area (TPSA) is 12.5 Å². The van der Waals surface area contributed by atoms with Gasteiger partial charge in [-0.3, -0.25) is 0 Å². The zero-order valence-electron chi connectivity index (χ0n) is 13.4. The van der Waals surface area contributed by atoms with E-state index in [0.717, 1.165) is 12.4 Å². The molecule has 0 saturated carbocycles. The Kier molecular flexibility index (Phi) is 13.4. The van der Waals surface area contributed by atoms with E-state index in [0.29, 0.717) is 6.04 Å². The molecular weight excluding hydrogens is 222 g/mol. The molecule has 106 valence electrons. The smallest absolute Gasteiger partial charge is 0.119 e. The largest absolute Gasteiger partial charge is 0.494 e. The summed E-state index contributed by atoms with van der Waals surface area (Å²) in [7, 11) is 4.15. The highest BCUT2D eigenvalue weighted by Crippen LogP contribution is 2.10. The van der Waals surface area contributed by atoms with E-state index in [4.69, 9.17) is 4.74 Å². The highest BCUT2D eigenvalue weighted by atomic mass is 16.5. The Bertz CT molecular complexity index is 259. The van der Waals surface area contributed by atoms with Crippen LogP contribution in [0.1, 0.15) is 40.2 Å². The van der Waals surface area contributed by atoms with Crippen LogP contribution in [0.4, 0.5) is 0 Å². The molecule has 1 aromatic rings. The number of ether oxygens (including phenoxy) is 1. The molecule has 0 bridgehead atoms. The van der Waals surface area contributed by atoms with Gasteiger partial charge in [0.15, 0.2) is 0 Å². The lowest BCUT2D eigenvalue weighted by Gasteiger charge is -2.12. The molecule has 1 aromatic carbocycles. The molecule has 0 unspecified atom stereocenters. The summed E-state index contributed by atoms with van der Waals surface area (Å²) >= 11 is 0. The van der Waals surface area contributed by atoms with Gasteiger partial charge in [-0.25, -0.2) is 0 Å². The summed E-state index contributed by atoms with van der Waals surface area (Å²) < 4.78 is 5.26. The Balaban J connectivity index is 0. The molecule has 0 spiro atoms. The molecule has 0 aliphatic carbocycles. The summed E-state index contributed by atoms with van der Waals surface area (Å²) in [6.07, 6.45) is 0. The summed E-state index contributed by atoms with van der Waals surface area (Å²) in [6, 6.07) is 8.75. The lowest BCUT2D eigenvalue weighted by Crippen LogP contribution is -2.20. The van der Waals surface area contributed by atoms with E-state index in [9.17, 15) is 0 Å². The van der Waals surface area contributed by atoms with E-state index in [-0.39, 0.29) is 0 Å². The van der Waals surface area contributed by atoms with Crippen LogP contribution in [0, 0.1) is 6.92 Å². The van der Waals surface area contributed by atoms with Crippen LogP contribution in [0.5, 0.6) is 5.75 Å². The molecule has 2 nitrogen and oxygen atoms in total. The Morgan fingerprint density at radius 1 is 1.06 bits per heavy atom. The van der Waals surface area contributed by atoms with Gasteiger partial charge in [0.1, 0.15) is 5.75 Å². The second-order valence-corrected chi connectivity index (χ2v) is 4.30. The molecule has 0 atom stereocenters. The molecule has 1 rings (SSSR count). The average molecular weight is 253 g/mol. The number of rotatable bonds is 3. The fourth-order valence-corrected chi connectivity index (χ4v) is 0.801. The van der Waals surface area contributed by atoms with E-state index >= 15 is 0 Å². The van der Waals surface area contributed by atoms with Crippen LogP contribution >= 0.6 is 0 Å². The molecule has 0 N–H and O–H groups in total. The first-order valence-corrected chi connectivity index (χ1v) is 6.83. The van der Waals surface area contributed by atoms with Crippen molar-refractivity contribution in [2.45, 2.75) is 47.6 Å². The second kappa shape index (κ2) is 12.4. The van der Waals surface area contributed by atoms with Gasteiger partial charge in [0, 0.05) is 6.04 Å². The summed E-state index contributed by atoms with van der Waals surface area (Å²) in [5, 5.41) is 0. The third-order valence-corrected chi connectivity index (χ3v) is 2.36. The lowest BCUT2D eigenvalue weighted by atomic mass is 10.2. The first kappa shape index (κ1) is 19.3. The van der Waals surface area contributed by atoms with Crippen LogP contribution in [-0.2, 0) is 0 Å². The number of benzene rings is 1. The van der Waals surface area contributed by atoms with Crippen LogP contribution in [-0.4, -0.2) is 31.6 Å². The maximum atomic E-state index is 5.26. The molecule has 0 fully saturated rings. The van der Waals surface area contributed by atoms with Crippen LogP contribution in [0.25, 0.3) is 0 Å². The van der Waals surface area contributed by atoms with E-state index < -0.39 is 0 Å². The van der Waals surface area contributed by atoms with Crippen molar-refractivity contribution in [3.05, 3.63) is 29.8 Å². The van der Waals surface area contributed by atoms with Crippen molar-refractivity contribution < 1.29 is 4.74 Å². The van der Waals surface area contributed by atoms with Crippen LogP contribution in [0.2, 0.25) is 0 Å². The molecule has 18 heavy (non-hydrogen) atoms. The van der Waals surface area contributed by atoms with E-state index in [1.54, 1.807) is 0 Å². The van der Waals surface area contributed by atoms with Gasteiger partial charge >= 0.3 is 0 Å². The van der Waals surface area contributed by atoms with Gasteiger partial charge in [0.2, 0.25) is 0 Å². The third kappa shape index (κ3) is 11.5. The standard InChI is InChI=1S/C9H12O.C5H13N.C2H6/c1-3-10-9-6-4-8(2)5-7-9;1-5(2)6(3)4;1-2/h4-7H,3H2,1-2H3;5H,1-4H3;1-2H3. The Hall–Kier alpha value is -1.02. The predicted molar refractivity (Wildman–Crippen MR) is 82.5 cm³/mol. The van der Waals surface area contributed by atoms with Gasteiger partial charge in [-0.05, 0) is 53.9 Å². The average Bonchev–Trinajstić information content (AvgIpc) is 2.35. The fraction of sp³-hybridized carbons (Fsp3) is 0.625. The van der Waals surface area contributed by atoms with Crippen LogP contribution in [0.15, 0.2) is 24.3 Å². The van der Waals surface area contributed by atoms with Gasteiger partial charge in [-0.1, -0.05) is 31.5 Å². The number of hydrogen-bond donors (Lipinski definition) is 0. The summed E-state index contributed by atoms with van der Waals surface area (Å²) in [5.74, 6) is 0.952. The molecular formula is C16H31NO. The fourth-order valence-electron chi connectivity index (χ4n) is 0.801. The zero-order chi connectivity index (χ0) is 14.6. The van der Waals surface area contributed by atoms with Crippen molar-refractivity contribution >= 4 is 0 Å². The maximum Gasteiger partial charge on any atom is 0.119 e. The van der Waals surface area contributed by atoms with Crippen molar-refractivity contribution in [1.29, 1.82) is 0 Å². The molecule has 2 heteroatoms. The first-order chi connectivity index (χ1) is 8.47. The Labute approximate surface area is 114 Å². The Morgan fingerprint density at radius 2 is 1.44 bits per heavy atom. The molecule has 0 aromatic heterocycles. The van der Waals surface area contributed by atoms with Crippen LogP contribution < -0.4 is 4.74 Å². The minimum absolute atomic E-state index is 0.685. The molecule has 0 aliphatic rings. The predicted octanol–water partition coefficient (Wildman–Crippen LogP) is 4.38. The first-order valence-electron chi connectivity index (χ1n) is 6.83. The maximum absolute atomic E-state index is 5.26. The van der Waals surface area contributed by atoms with Gasteiger partial charge in [0.25, 0.3) is 0 Å². The van der Waals surface area contributed by atoms with E-state index in [1.807, 2.05) is 45.0 Å². The van der Waals surface area contributed by atoms with Crippen molar-refractivity contribution in [3.8, 4) is 5.75 Å². The van der Waals surface area contributed by atoms with Crippen molar-refractivity contribution in [2.75, 3.05) is 20.7 Å². The highest BCUT2D eigenvalue weighted by molar-refractivity contribution is 5.26. The van der Waals surface area contributed by atoms with Crippen molar-refractivity contribution in [3.63, 3.8) is 0 Å². The molecule has 0 saturated heterocycles. The number of nitrogens with zero attached hydrogens (tertiary/aromatic N) is 1. The minimum Gasteiger partial charge on any atom is -0.494 e. The van der Waals surface area contributed by atoms with Gasteiger partial charge in [0.05, 0.1) is 6.61 Å². The molecule has 0 heterocycles. The quantitative estimate of drug-likeness (QED) is 0.793. The number of hydrogen-bond acceptors (Lipinski definition) is 2. The van der Waals surface area contributed by atoms with Crippen molar-refractivity contribution in [1.82, 2.24) is 4.90 Å². The monoisotopic (exact) mass is 253 g/mol. The Morgan fingerprint density at radius 3 is 1.72 bits per heavy atom. The lowest BCUT2D eigenvalue weighted by molar-refractivity contribution is 0.335. The molecule has 0 radical (unpaired) electrons. The molecule has 0 amide bonds. The normalized spacial score (nSPS) is 9.22. The minimum atomic E-state index is 0.685. The SMILES string of the molecule is CC.CC(C)N(C)C.CCOc1ccc(C)cc1. The summed E-state index contributed by atoms with van der Waals surface area (Å²) in [4.78, 5) is 2.17. The van der Waals surface area contributed by atoms with Crippen molar-refractivity contribution in [2.24, 2.45) is 0 Å². The zero-order valence-corrected chi connectivity index (χ0v) is 13.4. The number of aryl methyl sites for hydroxylation is 1. The van der Waals surface area contributed by atoms with Crippen LogP contribution in [0.3, 0.4) is 0 Å². The highest BCUT2D eigenvalue weighted by Gasteiger charge is 1.90. The summed E-state index contributed by atoms with van der Waals surface area (Å²) in [5.41, 5.74) is 1.27. The van der Waals surface area contributed by atoms with Gasteiger partial charge in [-0.2, -0.15) is 0 Å². The van der Waals surface area contributed by atoms with Gasteiger partial charge < -0.3 is 9.64 Å². The van der Waals surface area contributed by atoms with E-state index in [2.05, 4.69) is 39.8 Å². The summed E-state index contributed by atoms with van der Waals surface area (Å²) in [6.45, 7) is 13.1. The second-order valence-electron chi connectivity index (χ2n) is 4.30. The molecule has 0 aliphatic heterocycles.